The van der Waals surface area contributed by atoms with Crippen LogP contribution in [-0.2, 0) is 14.6 Å². The molecule has 6 nitrogen and oxygen atoms in total. The molecular formula is C16H24N2O4S. The average molecular weight is 340 g/mol. The van der Waals surface area contributed by atoms with Crippen LogP contribution in [0.15, 0.2) is 24.3 Å². The molecule has 2 rings (SSSR count). The lowest BCUT2D eigenvalue weighted by molar-refractivity contribution is -0.113. The maximum atomic E-state index is 12.4. The molecule has 1 amide bonds. The van der Waals surface area contributed by atoms with E-state index in [4.69, 9.17) is 4.74 Å². The van der Waals surface area contributed by atoms with Crippen molar-refractivity contribution < 1.29 is 17.9 Å². The van der Waals surface area contributed by atoms with Gasteiger partial charge in [-0.15, -0.1) is 0 Å². The maximum absolute atomic E-state index is 12.4. The molecule has 0 saturated carbocycles. The Morgan fingerprint density at radius 2 is 1.96 bits per heavy atom. The number of rotatable bonds is 6. The summed E-state index contributed by atoms with van der Waals surface area (Å²) in [5.74, 6) is -0.460. The third-order valence-corrected chi connectivity index (χ3v) is 6.12. The number of carbonyl (C=O) groups is 1. The first kappa shape index (κ1) is 17.7. The highest BCUT2D eigenvalue weighted by atomic mass is 32.2. The number of nitrogens with zero attached hydrogens (tertiary/aromatic N) is 1. The van der Waals surface area contributed by atoms with Crippen molar-refractivity contribution >= 4 is 21.4 Å². The number of benzene rings is 1. The van der Waals surface area contributed by atoms with Gasteiger partial charge in [0.15, 0.2) is 9.84 Å². The lowest BCUT2D eigenvalue weighted by atomic mass is 10.1. The van der Waals surface area contributed by atoms with Crippen LogP contribution in [0.25, 0.3) is 0 Å². The molecule has 0 bridgehead atoms. The third kappa shape index (κ3) is 4.94. The normalized spacial score (nSPS) is 17.0. The summed E-state index contributed by atoms with van der Waals surface area (Å²) < 4.78 is 30.2. The summed E-state index contributed by atoms with van der Waals surface area (Å²) >= 11 is 0. The second-order valence-electron chi connectivity index (χ2n) is 5.79. The van der Waals surface area contributed by atoms with Crippen LogP contribution in [0.4, 0.5) is 5.69 Å². The summed E-state index contributed by atoms with van der Waals surface area (Å²) in [5.41, 5.74) is 0.498. The number of para-hydroxylation sites is 2. The van der Waals surface area contributed by atoms with Gasteiger partial charge in [0.05, 0.1) is 17.5 Å². The minimum Gasteiger partial charge on any atom is -0.492 e. The van der Waals surface area contributed by atoms with E-state index in [0.29, 0.717) is 30.9 Å². The second kappa shape index (κ2) is 7.79. The van der Waals surface area contributed by atoms with Crippen molar-refractivity contribution in [2.24, 2.45) is 0 Å². The van der Waals surface area contributed by atoms with Crippen LogP contribution < -0.4 is 10.1 Å². The highest BCUT2D eigenvalue weighted by molar-refractivity contribution is 7.92. The topological polar surface area (TPSA) is 75.7 Å². The first-order chi connectivity index (χ1) is 10.9. The Morgan fingerprint density at radius 3 is 2.61 bits per heavy atom. The molecule has 0 unspecified atom stereocenters. The fraction of sp³-hybridized carbons (Fsp3) is 0.562. The summed E-state index contributed by atoms with van der Waals surface area (Å²) in [6.07, 6.45) is 1.17. The van der Waals surface area contributed by atoms with Crippen molar-refractivity contribution in [3.05, 3.63) is 24.3 Å². The minimum absolute atomic E-state index is 0.424. The Labute approximate surface area is 137 Å². The lowest BCUT2D eigenvalue weighted by Gasteiger charge is -2.28. The molecule has 0 aromatic heterocycles. The third-order valence-electron chi connectivity index (χ3n) is 3.97. The molecule has 1 aromatic carbocycles. The number of likely N-dealkylation sites (tertiary alicyclic amines) is 1. The molecule has 1 fully saturated rings. The lowest BCUT2D eigenvalue weighted by Crippen LogP contribution is -2.39. The molecule has 23 heavy (non-hydrogen) atoms. The molecule has 0 radical (unpaired) electrons. The molecule has 1 aromatic rings. The SMILES string of the molecule is CCOc1ccccc1NC(=O)CS(=O)(=O)C1CCN(C)CC1. The molecule has 1 heterocycles. The summed E-state index contributed by atoms with van der Waals surface area (Å²) in [7, 11) is -1.46. The van der Waals surface area contributed by atoms with E-state index in [0.717, 1.165) is 13.1 Å². The summed E-state index contributed by atoms with van der Waals surface area (Å²) in [6, 6.07) is 7.01. The van der Waals surface area contributed by atoms with Crippen molar-refractivity contribution in [1.82, 2.24) is 4.90 Å². The quantitative estimate of drug-likeness (QED) is 0.850. The molecular weight excluding hydrogens is 316 g/mol. The number of sulfone groups is 1. The molecule has 1 saturated heterocycles. The average Bonchev–Trinajstić information content (AvgIpc) is 2.49. The van der Waals surface area contributed by atoms with E-state index in [-0.39, 0.29) is 0 Å². The van der Waals surface area contributed by atoms with Crippen LogP contribution in [0, 0.1) is 0 Å². The highest BCUT2D eigenvalue weighted by Crippen LogP contribution is 2.24. The zero-order chi connectivity index (χ0) is 16.9. The smallest absolute Gasteiger partial charge is 0.239 e. The van der Waals surface area contributed by atoms with Gasteiger partial charge in [-0.05, 0) is 52.0 Å². The number of amides is 1. The molecule has 1 aliphatic rings. The molecule has 0 spiro atoms. The van der Waals surface area contributed by atoms with Gasteiger partial charge in [0.2, 0.25) is 5.91 Å². The van der Waals surface area contributed by atoms with E-state index in [1.54, 1.807) is 24.3 Å². The van der Waals surface area contributed by atoms with Gasteiger partial charge < -0.3 is 15.0 Å². The zero-order valence-electron chi connectivity index (χ0n) is 13.6. The van der Waals surface area contributed by atoms with Gasteiger partial charge in [0, 0.05) is 0 Å². The number of hydrogen-bond donors (Lipinski definition) is 1. The summed E-state index contributed by atoms with van der Waals surface area (Å²) in [4.78, 5) is 14.2. The van der Waals surface area contributed by atoms with E-state index in [9.17, 15) is 13.2 Å². The van der Waals surface area contributed by atoms with E-state index in [1.165, 1.54) is 0 Å². The van der Waals surface area contributed by atoms with E-state index in [2.05, 4.69) is 10.2 Å². The predicted octanol–water partition coefficient (Wildman–Crippen LogP) is 1.53. The number of carbonyl (C=O) groups excluding carboxylic acids is 1. The number of anilines is 1. The van der Waals surface area contributed by atoms with Gasteiger partial charge in [-0.3, -0.25) is 4.79 Å². The van der Waals surface area contributed by atoms with Gasteiger partial charge in [-0.25, -0.2) is 8.42 Å². The van der Waals surface area contributed by atoms with Gasteiger partial charge >= 0.3 is 0 Å². The van der Waals surface area contributed by atoms with Crippen molar-refractivity contribution in [3.63, 3.8) is 0 Å². The van der Waals surface area contributed by atoms with Gasteiger partial charge in [-0.2, -0.15) is 0 Å². The Balaban J connectivity index is 1.99. The Morgan fingerprint density at radius 1 is 1.30 bits per heavy atom. The molecule has 1 aliphatic heterocycles. The van der Waals surface area contributed by atoms with Crippen LogP contribution in [0.3, 0.4) is 0 Å². The van der Waals surface area contributed by atoms with Gasteiger partial charge in [0.25, 0.3) is 0 Å². The van der Waals surface area contributed by atoms with Gasteiger partial charge in [0.1, 0.15) is 11.5 Å². The highest BCUT2D eigenvalue weighted by Gasteiger charge is 2.30. The van der Waals surface area contributed by atoms with Crippen molar-refractivity contribution in [3.8, 4) is 5.75 Å². The molecule has 7 heteroatoms. The second-order valence-corrected chi connectivity index (χ2v) is 8.07. The van der Waals surface area contributed by atoms with Crippen molar-refractivity contribution in [1.29, 1.82) is 0 Å². The summed E-state index contributed by atoms with van der Waals surface area (Å²) in [6.45, 7) is 3.82. The van der Waals surface area contributed by atoms with E-state index in [1.807, 2.05) is 14.0 Å². The van der Waals surface area contributed by atoms with Gasteiger partial charge in [-0.1, -0.05) is 12.1 Å². The predicted molar refractivity (Wildman–Crippen MR) is 90.5 cm³/mol. The van der Waals surface area contributed by atoms with Crippen molar-refractivity contribution in [2.75, 3.05) is 37.8 Å². The fourth-order valence-electron chi connectivity index (χ4n) is 2.68. The summed E-state index contributed by atoms with van der Waals surface area (Å²) in [5, 5.41) is 2.22. The first-order valence-corrected chi connectivity index (χ1v) is 9.55. The monoisotopic (exact) mass is 340 g/mol. The molecule has 0 aliphatic carbocycles. The van der Waals surface area contributed by atoms with Crippen molar-refractivity contribution in [2.45, 2.75) is 25.0 Å². The number of hydrogen-bond acceptors (Lipinski definition) is 5. The Kier molecular flexibility index (Phi) is 6.01. The Hall–Kier alpha value is -1.60. The molecule has 0 atom stereocenters. The largest absolute Gasteiger partial charge is 0.492 e. The van der Waals surface area contributed by atoms with Crippen LogP contribution in [0.1, 0.15) is 19.8 Å². The van der Waals surface area contributed by atoms with Crippen LogP contribution in [-0.4, -0.2) is 57.0 Å². The van der Waals surface area contributed by atoms with Crippen LogP contribution >= 0.6 is 0 Å². The van der Waals surface area contributed by atoms with Crippen LogP contribution in [0.5, 0.6) is 5.75 Å². The zero-order valence-corrected chi connectivity index (χ0v) is 14.4. The minimum atomic E-state index is -3.43. The maximum Gasteiger partial charge on any atom is 0.239 e. The molecule has 1 N–H and O–H groups in total. The number of piperidine rings is 1. The number of ether oxygens (including phenoxy) is 1. The first-order valence-electron chi connectivity index (χ1n) is 7.84. The Bertz CT molecular complexity index is 637. The standard InChI is InChI=1S/C16H24N2O4S/c1-3-22-15-7-5-4-6-14(15)17-16(19)12-23(20,21)13-8-10-18(2)11-9-13/h4-7,13H,3,8-12H2,1-2H3,(H,17,19). The molecule has 128 valence electrons. The van der Waals surface area contributed by atoms with E-state index >= 15 is 0 Å². The fourth-order valence-corrected chi connectivity index (χ4v) is 4.28. The van der Waals surface area contributed by atoms with Crippen LogP contribution in [0.2, 0.25) is 0 Å². The van der Waals surface area contributed by atoms with E-state index < -0.39 is 26.7 Å². The number of nitrogens with one attached hydrogen (secondary N) is 1.